The van der Waals surface area contributed by atoms with Crippen LogP contribution in [0.15, 0.2) is 60.9 Å². The Hall–Kier alpha value is -3.32. The molecular formula is C25H30N4O3. The van der Waals surface area contributed by atoms with Gasteiger partial charge in [-0.2, -0.15) is 0 Å². The van der Waals surface area contributed by atoms with Gasteiger partial charge in [0.15, 0.2) is 0 Å². The highest BCUT2D eigenvalue weighted by atomic mass is 16.5. The summed E-state index contributed by atoms with van der Waals surface area (Å²) < 4.78 is 11.4. The molecule has 3 aromatic rings. The molecule has 168 valence electrons. The number of likely N-dealkylation sites (tertiary alicyclic amines) is 1. The molecule has 0 atom stereocenters. The lowest BCUT2D eigenvalue weighted by Crippen LogP contribution is -2.41. The summed E-state index contributed by atoms with van der Waals surface area (Å²) in [6, 6.07) is 15.5. The van der Waals surface area contributed by atoms with Gasteiger partial charge in [0.2, 0.25) is 0 Å². The van der Waals surface area contributed by atoms with Crippen LogP contribution in [0.5, 0.6) is 11.5 Å². The maximum absolute atomic E-state index is 12.8. The van der Waals surface area contributed by atoms with E-state index in [1.807, 2.05) is 47.5 Å². The van der Waals surface area contributed by atoms with Crippen molar-refractivity contribution < 1.29 is 14.3 Å². The standard InChI is InChI=1S/C25H30N4O3/c1-28(18-24-26-12-13-27-24)17-19-4-3-5-23(16-19)32-22-10-14-29(15-11-22)25(30)20-6-8-21(31-2)9-7-20/h3-9,12-13,16,22H,10-11,14-15,17-18H2,1-2H3,(H,26,27). The third-order valence-electron chi connectivity index (χ3n) is 5.69. The van der Waals surface area contributed by atoms with Crippen molar-refractivity contribution in [2.24, 2.45) is 0 Å². The molecule has 0 saturated carbocycles. The number of carbonyl (C=O) groups is 1. The van der Waals surface area contributed by atoms with Crippen LogP contribution in [0, 0.1) is 0 Å². The van der Waals surface area contributed by atoms with Crippen molar-refractivity contribution in [1.82, 2.24) is 19.8 Å². The van der Waals surface area contributed by atoms with Crippen LogP contribution in [0.25, 0.3) is 0 Å². The fourth-order valence-corrected chi connectivity index (χ4v) is 4.01. The van der Waals surface area contributed by atoms with E-state index in [-0.39, 0.29) is 12.0 Å². The zero-order chi connectivity index (χ0) is 22.3. The summed E-state index contributed by atoms with van der Waals surface area (Å²) in [6.07, 6.45) is 5.38. The fraction of sp³-hybridized carbons (Fsp3) is 0.360. The SMILES string of the molecule is COc1ccc(C(=O)N2CCC(Oc3cccc(CN(C)Cc4ncc[nH]4)c3)CC2)cc1. The van der Waals surface area contributed by atoms with Gasteiger partial charge in [0.05, 0.1) is 13.7 Å². The van der Waals surface area contributed by atoms with E-state index < -0.39 is 0 Å². The highest BCUT2D eigenvalue weighted by molar-refractivity contribution is 5.94. The number of piperidine rings is 1. The third-order valence-corrected chi connectivity index (χ3v) is 5.69. The molecule has 1 aliphatic heterocycles. The predicted molar refractivity (Wildman–Crippen MR) is 123 cm³/mol. The Labute approximate surface area is 189 Å². The maximum Gasteiger partial charge on any atom is 0.253 e. The zero-order valence-corrected chi connectivity index (χ0v) is 18.7. The number of benzene rings is 2. The summed E-state index contributed by atoms with van der Waals surface area (Å²) in [6.45, 7) is 2.97. The zero-order valence-electron chi connectivity index (χ0n) is 18.7. The van der Waals surface area contributed by atoms with Crippen molar-refractivity contribution in [2.45, 2.75) is 32.0 Å². The first kappa shape index (κ1) is 21.9. The molecule has 0 radical (unpaired) electrons. The number of methoxy groups -OCH3 is 1. The molecule has 0 unspecified atom stereocenters. The molecule has 1 amide bonds. The quantitative estimate of drug-likeness (QED) is 0.585. The van der Waals surface area contributed by atoms with E-state index in [4.69, 9.17) is 9.47 Å². The number of nitrogens with one attached hydrogen (secondary N) is 1. The van der Waals surface area contributed by atoms with Crippen LogP contribution in [0.2, 0.25) is 0 Å². The Morgan fingerprint density at radius 1 is 1.12 bits per heavy atom. The van der Waals surface area contributed by atoms with Gasteiger partial charge in [0.25, 0.3) is 5.91 Å². The number of imidazole rings is 1. The number of hydrogen-bond acceptors (Lipinski definition) is 5. The van der Waals surface area contributed by atoms with Crippen molar-refractivity contribution >= 4 is 5.91 Å². The Morgan fingerprint density at radius 2 is 1.91 bits per heavy atom. The van der Waals surface area contributed by atoms with Gasteiger partial charge in [-0.3, -0.25) is 9.69 Å². The monoisotopic (exact) mass is 434 g/mol. The molecule has 0 bridgehead atoms. The number of H-pyrrole nitrogens is 1. The van der Waals surface area contributed by atoms with Crippen LogP contribution in [0.1, 0.15) is 34.6 Å². The van der Waals surface area contributed by atoms with Crippen LogP contribution < -0.4 is 9.47 Å². The molecule has 2 heterocycles. The molecule has 7 heteroatoms. The molecular weight excluding hydrogens is 404 g/mol. The minimum absolute atomic E-state index is 0.0627. The first-order chi connectivity index (χ1) is 15.6. The van der Waals surface area contributed by atoms with Crippen LogP contribution in [-0.2, 0) is 13.1 Å². The highest BCUT2D eigenvalue weighted by Gasteiger charge is 2.24. The van der Waals surface area contributed by atoms with E-state index in [0.717, 1.165) is 43.3 Å². The average Bonchev–Trinajstić information content (AvgIpc) is 3.32. The second-order valence-electron chi connectivity index (χ2n) is 8.19. The smallest absolute Gasteiger partial charge is 0.253 e. The summed E-state index contributed by atoms with van der Waals surface area (Å²) >= 11 is 0. The van der Waals surface area contributed by atoms with E-state index in [1.165, 1.54) is 5.56 Å². The van der Waals surface area contributed by atoms with Crippen molar-refractivity contribution in [3.63, 3.8) is 0 Å². The lowest BCUT2D eigenvalue weighted by atomic mass is 10.1. The van der Waals surface area contributed by atoms with Gasteiger partial charge in [-0.25, -0.2) is 4.98 Å². The van der Waals surface area contributed by atoms with Gasteiger partial charge in [0.1, 0.15) is 23.4 Å². The Bertz CT molecular complexity index is 996. The summed E-state index contributed by atoms with van der Waals surface area (Å²) in [4.78, 5) is 24.3. The highest BCUT2D eigenvalue weighted by Crippen LogP contribution is 2.22. The topological polar surface area (TPSA) is 70.7 Å². The minimum Gasteiger partial charge on any atom is -0.497 e. The van der Waals surface area contributed by atoms with Crippen molar-refractivity contribution in [1.29, 1.82) is 0 Å². The molecule has 2 aromatic carbocycles. The number of nitrogens with zero attached hydrogens (tertiary/aromatic N) is 3. The van der Waals surface area contributed by atoms with Gasteiger partial charge >= 0.3 is 0 Å². The molecule has 1 aliphatic rings. The van der Waals surface area contributed by atoms with E-state index in [0.29, 0.717) is 18.7 Å². The Morgan fingerprint density at radius 3 is 2.59 bits per heavy atom. The maximum atomic E-state index is 12.8. The van der Waals surface area contributed by atoms with E-state index in [9.17, 15) is 4.79 Å². The normalized spacial score (nSPS) is 14.5. The van der Waals surface area contributed by atoms with Gasteiger partial charge in [-0.1, -0.05) is 12.1 Å². The van der Waals surface area contributed by atoms with Crippen LogP contribution in [0.4, 0.5) is 0 Å². The van der Waals surface area contributed by atoms with Crippen molar-refractivity contribution in [3.8, 4) is 11.5 Å². The van der Waals surface area contributed by atoms with Crippen molar-refractivity contribution in [3.05, 3.63) is 77.9 Å². The molecule has 4 rings (SSSR count). The minimum atomic E-state index is 0.0627. The molecule has 1 saturated heterocycles. The number of aromatic nitrogens is 2. The van der Waals surface area contributed by atoms with Crippen LogP contribution in [0.3, 0.4) is 0 Å². The van der Waals surface area contributed by atoms with E-state index in [2.05, 4.69) is 34.0 Å². The van der Waals surface area contributed by atoms with Gasteiger partial charge in [-0.05, 0) is 49.0 Å². The number of amides is 1. The van der Waals surface area contributed by atoms with Gasteiger partial charge in [0, 0.05) is 50.4 Å². The Balaban J connectivity index is 1.27. The first-order valence-electron chi connectivity index (χ1n) is 11.0. The first-order valence-corrected chi connectivity index (χ1v) is 11.0. The molecule has 32 heavy (non-hydrogen) atoms. The van der Waals surface area contributed by atoms with Crippen molar-refractivity contribution in [2.75, 3.05) is 27.2 Å². The molecule has 0 aliphatic carbocycles. The molecule has 1 aromatic heterocycles. The fourth-order valence-electron chi connectivity index (χ4n) is 4.01. The number of aromatic amines is 1. The van der Waals surface area contributed by atoms with Gasteiger partial charge in [-0.15, -0.1) is 0 Å². The molecule has 1 N–H and O–H groups in total. The molecule has 7 nitrogen and oxygen atoms in total. The lowest BCUT2D eigenvalue weighted by Gasteiger charge is -2.32. The second kappa shape index (κ2) is 10.3. The van der Waals surface area contributed by atoms with Gasteiger partial charge < -0.3 is 19.4 Å². The summed E-state index contributed by atoms with van der Waals surface area (Å²) in [7, 11) is 3.70. The number of carbonyl (C=O) groups excluding carboxylic acids is 1. The molecule has 1 fully saturated rings. The number of hydrogen-bond donors (Lipinski definition) is 1. The summed E-state index contributed by atoms with van der Waals surface area (Å²) in [5, 5.41) is 0. The number of ether oxygens (including phenoxy) is 2. The summed E-state index contributed by atoms with van der Waals surface area (Å²) in [5.41, 5.74) is 1.89. The summed E-state index contributed by atoms with van der Waals surface area (Å²) in [5.74, 6) is 2.65. The Kier molecular flexibility index (Phi) is 7.07. The predicted octanol–water partition coefficient (Wildman–Crippen LogP) is 3.73. The second-order valence-corrected chi connectivity index (χ2v) is 8.19. The lowest BCUT2D eigenvalue weighted by molar-refractivity contribution is 0.0595. The largest absolute Gasteiger partial charge is 0.497 e. The van der Waals surface area contributed by atoms with Crippen LogP contribution in [-0.4, -0.2) is 59.0 Å². The number of rotatable bonds is 8. The average molecular weight is 435 g/mol. The molecule has 0 spiro atoms. The van der Waals surface area contributed by atoms with E-state index in [1.54, 1.807) is 13.3 Å². The van der Waals surface area contributed by atoms with Crippen LogP contribution >= 0.6 is 0 Å². The third kappa shape index (κ3) is 5.68. The van der Waals surface area contributed by atoms with E-state index >= 15 is 0 Å².